The van der Waals surface area contributed by atoms with Crippen molar-refractivity contribution in [3.8, 4) is 5.88 Å². The molecule has 1 rings (SSSR count). The van der Waals surface area contributed by atoms with Gasteiger partial charge in [0.15, 0.2) is 0 Å². The third-order valence-corrected chi connectivity index (χ3v) is 2.88. The number of carboxylic acids is 1. The van der Waals surface area contributed by atoms with Crippen LogP contribution in [-0.2, 0) is 23.0 Å². The maximum Gasteiger partial charge on any atom is 0.408 e. The molecule has 0 aliphatic carbocycles. The van der Waals surface area contributed by atoms with Gasteiger partial charge in [0.25, 0.3) is 0 Å². The number of hydrogen-bond acceptors (Lipinski definition) is 5. The first-order valence-corrected chi connectivity index (χ1v) is 6.84. The highest BCUT2D eigenvalue weighted by atomic mass is 16.6. The van der Waals surface area contributed by atoms with Crippen LogP contribution in [0.5, 0.6) is 5.88 Å². The molecule has 0 saturated carbocycles. The number of aryl methyl sites for hydroxylation is 2. The Morgan fingerprint density at radius 3 is 2.45 bits per heavy atom. The number of aromatic nitrogens is 2. The van der Waals surface area contributed by atoms with Crippen molar-refractivity contribution in [1.29, 1.82) is 0 Å². The van der Waals surface area contributed by atoms with Crippen LogP contribution in [0.3, 0.4) is 0 Å². The van der Waals surface area contributed by atoms with Crippen molar-refractivity contribution >= 4 is 12.1 Å². The molecule has 1 atom stereocenters. The Morgan fingerprint density at radius 2 is 2.00 bits per heavy atom. The standard InChI is InChI=1S/C14H23N3O5/c1-8-9(11(21-6)17(5)16-8)7-10(12(18)19)15-13(20)22-14(2,3)4/h10H,7H2,1-6H3,(H,15,20)(H,18,19). The molecule has 1 amide bonds. The van der Waals surface area contributed by atoms with E-state index in [0.29, 0.717) is 17.1 Å². The number of carbonyl (C=O) groups excluding carboxylic acids is 1. The Bertz CT molecular complexity index is 560. The molecule has 8 heteroatoms. The Hall–Kier alpha value is -2.25. The predicted molar refractivity (Wildman–Crippen MR) is 79.0 cm³/mol. The lowest BCUT2D eigenvalue weighted by molar-refractivity contribution is -0.139. The molecule has 1 aromatic heterocycles. The van der Waals surface area contributed by atoms with Gasteiger partial charge in [-0.3, -0.25) is 0 Å². The molecule has 0 saturated heterocycles. The zero-order valence-corrected chi connectivity index (χ0v) is 13.8. The van der Waals surface area contributed by atoms with Gasteiger partial charge in [-0.25, -0.2) is 14.3 Å². The molecule has 0 radical (unpaired) electrons. The predicted octanol–water partition coefficient (Wildman–Crippen LogP) is 1.26. The summed E-state index contributed by atoms with van der Waals surface area (Å²) in [5.41, 5.74) is 0.583. The monoisotopic (exact) mass is 313 g/mol. The summed E-state index contributed by atoms with van der Waals surface area (Å²) in [6, 6.07) is -1.13. The topological polar surface area (TPSA) is 103 Å². The number of hydrogen-bond donors (Lipinski definition) is 2. The number of ether oxygens (including phenoxy) is 2. The van der Waals surface area contributed by atoms with E-state index in [9.17, 15) is 14.7 Å². The number of methoxy groups -OCH3 is 1. The minimum atomic E-state index is -1.16. The van der Waals surface area contributed by atoms with Crippen LogP contribution in [0.25, 0.3) is 0 Å². The molecule has 0 aliphatic heterocycles. The third-order valence-electron chi connectivity index (χ3n) is 2.88. The van der Waals surface area contributed by atoms with E-state index in [1.807, 2.05) is 0 Å². The minimum absolute atomic E-state index is 0.0530. The molecular formula is C14H23N3O5. The van der Waals surface area contributed by atoms with Crippen LogP contribution >= 0.6 is 0 Å². The number of carbonyl (C=O) groups is 2. The Morgan fingerprint density at radius 1 is 1.41 bits per heavy atom. The SMILES string of the molecule is COc1c(CC(NC(=O)OC(C)(C)C)C(=O)O)c(C)nn1C. The van der Waals surface area contributed by atoms with Crippen molar-refractivity contribution < 1.29 is 24.2 Å². The van der Waals surface area contributed by atoms with Crippen LogP contribution in [-0.4, -0.2) is 45.7 Å². The second kappa shape index (κ2) is 6.67. The van der Waals surface area contributed by atoms with E-state index in [2.05, 4.69) is 10.4 Å². The minimum Gasteiger partial charge on any atom is -0.481 e. The number of aliphatic carboxylic acids is 1. The van der Waals surface area contributed by atoms with Gasteiger partial charge >= 0.3 is 12.1 Å². The van der Waals surface area contributed by atoms with E-state index in [1.54, 1.807) is 34.7 Å². The largest absolute Gasteiger partial charge is 0.481 e. The first-order valence-electron chi connectivity index (χ1n) is 6.84. The summed E-state index contributed by atoms with van der Waals surface area (Å²) >= 11 is 0. The summed E-state index contributed by atoms with van der Waals surface area (Å²) in [7, 11) is 3.18. The van der Waals surface area contributed by atoms with Crippen LogP contribution in [0.4, 0.5) is 4.79 Å². The number of rotatable bonds is 5. The van der Waals surface area contributed by atoms with E-state index in [1.165, 1.54) is 11.8 Å². The van der Waals surface area contributed by atoms with Gasteiger partial charge in [-0.15, -0.1) is 0 Å². The Labute approximate surface area is 129 Å². The number of nitrogens with one attached hydrogen (secondary N) is 1. The molecule has 1 heterocycles. The molecule has 0 aromatic carbocycles. The lowest BCUT2D eigenvalue weighted by Gasteiger charge is -2.22. The lowest BCUT2D eigenvalue weighted by Crippen LogP contribution is -2.44. The molecule has 0 fully saturated rings. The van der Waals surface area contributed by atoms with Gasteiger partial charge < -0.3 is 19.9 Å². The summed E-state index contributed by atoms with van der Waals surface area (Å²) in [4.78, 5) is 23.1. The first kappa shape index (κ1) is 17.8. The maximum atomic E-state index is 11.8. The van der Waals surface area contributed by atoms with Crippen molar-refractivity contribution in [2.24, 2.45) is 7.05 Å². The van der Waals surface area contributed by atoms with Crippen molar-refractivity contribution in [2.75, 3.05) is 7.11 Å². The van der Waals surface area contributed by atoms with Gasteiger partial charge in [-0.05, 0) is 27.7 Å². The highest BCUT2D eigenvalue weighted by molar-refractivity contribution is 5.80. The zero-order valence-electron chi connectivity index (χ0n) is 13.8. The fourth-order valence-electron chi connectivity index (χ4n) is 2.03. The molecule has 0 bridgehead atoms. The zero-order chi connectivity index (χ0) is 17.1. The quantitative estimate of drug-likeness (QED) is 0.848. The lowest BCUT2D eigenvalue weighted by atomic mass is 10.1. The van der Waals surface area contributed by atoms with E-state index in [4.69, 9.17) is 9.47 Å². The molecule has 1 unspecified atom stereocenters. The van der Waals surface area contributed by atoms with Crippen molar-refractivity contribution in [3.05, 3.63) is 11.3 Å². The fraction of sp³-hybridized carbons (Fsp3) is 0.643. The summed E-state index contributed by atoms with van der Waals surface area (Å²) in [5, 5.41) is 15.8. The summed E-state index contributed by atoms with van der Waals surface area (Å²) in [5.74, 6) is -0.689. The molecule has 0 aliphatic rings. The van der Waals surface area contributed by atoms with Gasteiger partial charge in [0.2, 0.25) is 5.88 Å². The van der Waals surface area contributed by atoms with Crippen LogP contribution in [0, 0.1) is 6.92 Å². The second-order valence-corrected chi connectivity index (χ2v) is 5.94. The summed E-state index contributed by atoms with van der Waals surface area (Å²) in [6.07, 6.45) is -0.724. The van der Waals surface area contributed by atoms with Gasteiger partial charge in [-0.2, -0.15) is 5.10 Å². The number of alkyl carbamates (subject to hydrolysis) is 1. The number of carboxylic acid groups (broad SMARTS) is 1. The smallest absolute Gasteiger partial charge is 0.408 e. The van der Waals surface area contributed by atoms with Crippen LogP contribution in [0.15, 0.2) is 0 Å². The van der Waals surface area contributed by atoms with Crippen molar-refractivity contribution in [1.82, 2.24) is 15.1 Å². The normalized spacial score (nSPS) is 12.6. The van der Waals surface area contributed by atoms with Crippen LogP contribution < -0.4 is 10.1 Å². The summed E-state index contributed by atoms with van der Waals surface area (Å²) in [6.45, 7) is 6.87. The average Bonchev–Trinajstić information content (AvgIpc) is 2.60. The van der Waals surface area contributed by atoms with Crippen LogP contribution in [0.2, 0.25) is 0 Å². The molecule has 0 spiro atoms. The van der Waals surface area contributed by atoms with Crippen molar-refractivity contribution in [3.63, 3.8) is 0 Å². The number of nitrogens with zero attached hydrogens (tertiary/aromatic N) is 2. The Balaban J connectivity index is 2.90. The average molecular weight is 313 g/mol. The molecule has 1 aromatic rings. The highest BCUT2D eigenvalue weighted by Crippen LogP contribution is 2.22. The van der Waals surface area contributed by atoms with Gasteiger partial charge in [0.05, 0.1) is 12.8 Å². The molecule has 8 nitrogen and oxygen atoms in total. The van der Waals surface area contributed by atoms with Gasteiger partial charge in [0.1, 0.15) is 11.6 Å². The van der Waals surface area contributed by atoms with E-state index in [-0.39, 0.29) is 6.42 Å². The molecule has 124 valence electrons. The number of amides is 1. The van der Waals surface area contributed by atoms with E-state index < -0.39 is 23.7 Å². The fourth-order valence-corrected chi connectivity index (χ4v) is 2.03. The molecule has 2 N–H and O–H groups in total. The Kier molecular flexibility index (Phi) is 5.40. The highest BCUT2D eigenvalue weighted by Gasteiger charge is 2.27. The van der Waals surface area contributed by atoms with Crippen molar-refractivity contribution in [2.45, 2.75) is 45.8 Å². The second-order valence-electron chi connectivity index (χ2n) is 5.94. The summed E-state index contributed by atoms with van der Waals surface area (Å²) < 4.78 is 11.8. The van der Waals surface area contributed by atoms with E-state index in [0.717, 1.165) is 0 Å². The van der Waals surface area contributed by atoms with E-state index >= 15 is 0 Å². The maximum absolute atomic E-state index is 11.8. The molecular weight excluding hydrogens is 290 g/mol. The van der Waals surface area contributed by atoms with Gasteiger partial charge in [-0.1, -0.05) is 0 Å². The van der Waals surface area contributed by atoms with Crippen LogP contribution in [0.1, 0.15) is 32.0 Å². The third kappa shape index (κ3) is 4.64. The van der Waals surface area contributed by atoms with Gasteiger partial charge in [0, 0.05) is 19.0 Å². The first-order chi connectivity index (χ1) is 10.0. The molecule has 22 heavy (non-hydrogen) atoms.